The quantitative estimate of drug-likeness (QED) is 0.837. The first kappa shape index (κ1) is 17.3. The minimum Gasteiger partial charge on any atom is -0.462 e. The number of nitrogens with one attached hydrogen (secondary N) is 1. The molecule has 0 unspecified atom stereocenters. The van der Waals surface area contributed by atoms with E-state index in [1.807, 2.05) is 29.2 Å². The molecule has 1 N–H and O–H groups in total. The first-order valence-electron chi connectivity index (χ1n) is 8.10. The zero-order chi connectivity index (χ0) is 17.8. The van der Waals surface area contributed by atoms with Crippen molar-refractivity contribution in [2.45, 2.75) is 6.92 Å². The number of hydrogen-bond acceptors (Lipinski definition) is 6. The van der Waals surface area contributed by atoms with Crippen LogP contribution in [0.2, 0.25) is 5.02 Å². The van der Waals surface area contributed by atoms with Gasteiger partial charge in [-0.2, -0.15) is 0 Å². The molecular formula is C17H19ClN4O3. The molecular weight excluding hydrogens is 344 g/mol. The monoisotopic (exact) mass is 362 g/mol. The van der Waals surface area contributed by atoms with Crippen molar-refractivity contribution in [1.82, 2.24) is 9.97 Å². The van der Waals surface area contributed by atoms with Gasteiger partial charge in [0.25, 0.3) is 5.56 Å². The van der Waals surface area contributed by atoms with Crippen LogP contribution in [0, 0.1) is 0 Å². The van der Waals surface area contributed by atoms with Crippen molar-refractivity contribution in [3.8, 4) is 0 Å². The Morgan fingerprint density at radius 3 is 2.44 bits per heavy atom. The molecule has 0 saturated carbocycles. The summed E-state index contributed by atoms with van der Waals surface area (Å²) in [4.78, 5) is 34.9. The maximum atomic E-state index is 12.1. The molecule has 1 aromatic carbocycles. The van der Waals surface area contributed by atoms with E-state index in [4.69, 9.17) is 16.3 Å². The molecule has 0 aliphatic carbocycles. The van der Waals surface area contributed by atoms with E-state index in [9.17, 15) is 9.59 Å². The average Bonchev–Trinajstić information content (AvgIpc) is 2.62. The van der Waals surface area contributed by atoms with Crippen LogP contribution in [-0.2, 0) is 4.74 Å². The van der Waals surface area contributed by atoms with Gasteiger partial charge in [0.05, 0.1) is 12.8 Å². The maximum Gasteiger partial charge on any atom is 0.345 e. The largest absolute Gasteiger partial charge is 0.462 e. The van der Waals surface area contributed by atoms with Crippen LogP contribution in [0.15, 0.2) is 35.3 Å². The Hall–Kier alpha value is -2.54. The van der Waals surface area contributed by atoms with Crippen LogP contribution in [0.1, 0.15) is 17.3 Å². The molecule has 3 rings (SSSR count). The van der Waals surface area contributed by atoms with Crippen molar-refractivity contribution >= 4 is 29.2 Å². The van der Waals surface area contributed by atoms with E-state index in [1.54, 1.807) is 6.92 Å². The summed E-state index contributed by atoms with van der Waals surface area (Å²) in [5, 5.41) is 0.714. The SMILES string of the molecule is CCOC(=O)c1cnc(N2CCN(c3ccc(Cl)cc3)CC2)[nH]c1=O. The fourth-order valence-electron chi connectivity index (χ4n) is 2.73. The number of nitrogens with zero attached hydrogens (tertiary/aromatic N) is 3. The van der Waals surface area contributed by atoms with E-state index in [-0.39, 0.29) is 12.2 Å². The second-order valence-corrected chi connectivity index (χ2v) is 6.06. The molecule has 1 aliphatic rings. The Labute approximate surface area is 150 Å². The molecule has 0 radical (unpaired) electrons. The van der Waals surface area contributed by atoms with E-state index in [0.29, 0.717) is 24.1 Å². The number of H-pyrrole nitrogens is 1. The van der Waals surface area contributed by atoms with Crippen LogP contribution in [-0.4, -0.2) is 48.7 Å². The topological polar surface area (TPSA) is 78.5 Å². The summed E-state index contributed by atoms with van der Waals surface area (Å²) in [6.07, 6.45) is 1.28. The summed E-state index contributed by atoms with van der Waals surface area (Å²) >= 11 is 5.92. The number of halogens is 1. The highest BCUT2D eigenvalue weighted by atomic mass is 35.5. The highest BCUT2D eigenvalue weighted by molar-refractivity contribution is 6.30. The molecule has 1 fully saturated rings. The van der Waals surface area contributed by atoms with Crippen molar-refractivity contribution in [2.24, 2.45) is 0 Å². The lowest BCUT2D eigenvalue weighted by atomic mass is 10.2. The van der Waals surface area contributed by atoms with Crippen molar-refractivity contribution in [3.63, 3.8) is 0 Å². The van der Waals surface area contributed by atoms with Crippen molar-refractivity contribution < 1.29 is 9.53 Å². The van der Waals surface area contributed by atoms with Gasteiger partial charge in [0, 0.05) is 36.9 Å². The van der Waals surface area contributed by atoms with Crippen LogP contribution < -0.4 is 15.4 Å². The number of carbonyl (C=O) groups excluding carboxylic acids is 1. The molecule has 2 heterocycles. The Morgan fingerprint density at radius 2 is 1.84 bits per heavy atom. The molecule has 0 amide bonds. The standard InChI is InChI=1S/C17H19ClN4O3/c1-2-25-16(24)14-11-19-17(20-15(14)23)22-9-7-21(8-10-22)13-5-3-12(18)4-6-13/h3-6,11H,2,7-10H2,1H3,(H,19,20,23). The predicted molar refractivity (Wildman–Crippen MR) is 96.7 cm³/mol. The minimum absolute atomic E-state index is 0.0783. The summed E-state index contributed by atoms with van der Waals surface area (Å²) in [5.41, 5.74) is 0.553. The van der Waals surface area contributed by atoms with Crippen LogP contribution >= 0.6 is 11.6 Å². The first-order chi connectivity index (χ1) is 12.1. The molecule has 0 atom stereocenters. The van der Waals surface area contributed by atoms with Gasteiger partial charge in [-0.1, -0.05) is 11.6 Å². The molecule has 1 aromatic heterocycles. The number of benzene rings is 1. The van der Waals surface area contributed by atoms with Crippen LogP contribution in [0.25, 0.3) is 0 Å². The molecule has 8 heteroatoms. The highest BCUT2D eigenvalue weighted by Crippen LogP contribution is 2.20. The van der Waals surface area contributed by atoms with Gasteiger partial charge >= 0.3 is 5.97 Å². The van der Waals surface area contributed by atoms with Crippen LogP contribution in [0.3, 0.4) is 0 Å². The average molecular weight is 363 g/mol. The molecule has 1 aliphatic heterocycles. The van der Waals surface area contributed by atoms with E-state index in [0.717, 1.165) is 18.8 Å². The van der Waals surface area contributed by atoms with E-state index in [1.165, 1.54) is 6.20 Å². The Morgan fingerprint density at radius 1 is 1.20 bits per heavy atom. The number of anilines is 2. The lowest BCUT2D eigenvalue weighted by Crippen LogP contribution is -2.47. The predicted octanol–water partition coefficient (Wildman–Crippen LogP) is 1.93. The number of rotatable bonds is 4. The summed E-state index contributed by atoms with van der Waals surface area (Å²) in [6.45, 7) is 4.92. The van der Waals surface area contributed by atoms with Gasteiger partial charge in [0.1, 0.15) is 5.56 Å². The number of carbonyl (C=O) groups is 1. The molecule has 7 nitrogen and oxygen atoms in total. The molecule has 1 saturated heterocycles. The maximum absolute atomic E-state index is 12.1. The van der Waals surface area contributed by atoms with Gasteiger partial charge in [-0.15, -0.1) is 0 Å². The number of esters is 1. The van der Waals surface area contributed by atoms with Crippen LogP contribution in [0.4, 0.5) is 11.6 Å². The Balaban J connectivity index is 1.66. The normalized spacial score (nSPS) is 14.5. The van der Waals surface area contributed by atoms with Gasteiger partial charge in [-0.3, -0.25) is 9.78 Å². The number of ether oxygens (including phenoxy) is 1. The highest BCUT2D eigenvalue weighted by Gasteiger charge is 2.20. The number of hydrogen-bond donors (Lipinski definition) is 1. The second kappa shape index (κ2) is 7.57. The molecule has 2 aromatic rings. The second-order valence-electron chi connectivity index (χ2n) is 5.62. The zero-order valence-corrected chi connectivity index (χ0v) is 14.6. The first-order valence-corrected chi connectivity index (χ1v) is 8.48. The third-order valence-corrected chi connectivity index (χ3v) is 4.30. The van der Waals surface area contributed by atoms with E-state index < -0.39 is 11.5 Å². The molecule has 0 spiro atoms. The Bertz CT molecular complexity index is 798. The fourth-order valence-corrected chi connectivity index (χ4v) is 2.85. The van der Waals surface area contributed by atoms with Gasteiger partial charge in [-0.05, 0) is 31.2 Å². The zero-order valence-electron chi connectivity index (χ0n) is 13.9. The van der Waals surface area contributed by atoms with Gasteiger partial charge < -0.3 is 14.5 Å². The summed E-state index contributed by atoms with van der Waals surface area (Å²) in [6, 6.07) is 7.73. The van der Waals surface area contributed by atoms with Gasteiger partial charge in [-0.25, -0.2) is 9.78 Å². The lowest BCUT2D eigenvalue weighted by molar-refractivity contribution is 0.0523. The molecule has 25 heavy (non-hydrogen) atoms. The number of aromatic nitrogens is 2. The molecule has 0 bridgehead atoms. The van der Waals surface area contributed by atoms with Crippen molar-refractivity contribution in [3.05, 3.63) is 51.4 Å². The van der Waals surface area contributed by atoms with Gasteiger partial charge in [0.15, 0.2) is 0 Å². The lowest BCUT2D eigenvalue weighted by Gasteiger charge is -2.36. The minimum atomic E-state index is -0.657. The fraction of sp³-hybridized carbons (Fsp3) is 0.353. The summed E-state index contributed by atoms with van der Waals surface area (Å²) in [5.74, 6) is -0.191. The number of piperazine rings is 1. The van der Waals surface area contributed by atoms with Crippen molar-refractivity contribution in [1.29, 1.82) is 0 Å². The molecule has 132 valence electrons. The number of aromatic amines is 1. The van der Waals surface area contributed by atoms with Crippen molar-refractivity contribution in [2.75, 3.05) is 42.6 Å². The third kappa shape index (κ3) is 3.93. The van der Waals surface area contributed by atoms with Gasteiger partial charge in [0.2, 0.25) is 5.95 Å². The summed E-state index contributed by atoms with van der Waals surface area (Å²) in [7, 11) is 0. The smallest absolute Gasteiger partial charge is 0.345 e. The third-order valence-electron chi connectivity index (χ3n) is 4.05. The van der Waals surface area contributed by atoms with E-state index in [2.05, 4.69) is 14.9 Å². The Kier molecular flexibility index (Phi) is 5.23. The van der Waals surface area contributed by atoms with E-state index >= 15 is 0 Å². The van der Waals surface area contributed by atoms with Crippen LogP contribution in [0.5, 0.6) is 0 Å². The summed E-state index contributed by atoms with van der Waals surface area (Å²) < 4.78 is 4.84.